The average molecular weight is 410 g/mol. The highest BCUT2D eigenvalue weighted by atomic mass is 35.5. The third-order valence-corrected chi connectivity index (χ3v) is 5.87. The number of thiophene rings is 1. The summed E-state index contributed by atoms with van der Waals surface area (Å²) in [6.07, 6.45) is 1.73. The molecule has 0 atom stereocenters. The zero-order valence-corrected chi connectivity index (χ0v) is 17.3. The maximum absolute atomic E-state index is 6.27. The first kappa shape index (κ1) is 18.8. The Bertz CT molecular complexity index is 1120. The lowest BCUT2D eigenvalue weighted by molar-refractivity contribution is 0.290. The van der Waals surface area contributed by atoms with Crippen molar-refractivity contribution in [2.24, 2.45) is 0 Å². The van der Waals surface area contributed by atoms with E-state index in [0.717, 1.165) is 32.7 Å². The van der Waals surface area contributed by atoms with Gasteiger partial charge in [0.1, 0.15) is 29.9 Å². The van der Waals surface area contributed by atoms with E-state index in [1.807, 2.05) is 43.3 Å². The van der Waals surface area contributed by atoms with Gasteiger partial charge in [-0.05, 0) is 54.1 Å². The van der Waals surface area contributed by atoms with Gasteiger partial charge >= 0.3 is 0 Å². The summed E-state index contributed by atoms with van der Waals surface area (Å²) < 4.78 is 13.2. The van der Waals surface area contributed by atoms with Gasteiger partial charge in [-0.3, -0.25) is 0 Å². The van der Waals surface area contributed by atoms with E-state index < -0.39 is 0 Å². The summed E-state index contributed by atoms with van der Waals surface area (Å²) in [5, 5.41) is 3.56. The zero-order chi connectivity index (χ0) is 19.5. The van der Waals surface area contributed by atoms with E-state index in [0.29, 0.717) is 18.4 Å². The van der Waals surface area contributed by atoms with Crippen LogP contribution in [0.3, 0.4) is 0 Å². The van der Waals surface area contributed by atoms with E-state index in [9.17, 15) is 0 Å². The largest absolute Gasteiger partial charge is 0.489 e. The fourth-order valence-electron chi connectivity index (χ4n) is 3.08. The van der Waals surface area contributed by atoms with E-state index in [4.69, 9.17) is 21.1 Å². The fourth-order valence-corrected chi connectivity index (χ4v) is 4.36. The van der Waals surface area contributed by atoms with Crippen LogP contribution in [-0.2, 0) is 13.2 Å². The molecule has 0 saturated carbocycles. The molecule has 0 unspecified atom stereocenters. The Morgan fingerprint density at radius 1 is 0.929 bits per heavy atom. The van der Waals surface area contributed by atoms with Crippen molar-refractivity contribution < 1.29 is 9.47 Å². The maximum atomic E-state index is 6.27. The van der Waals surface area contributed by atoms with E-state index >= 15 is 0 Å². The van der Waals surface area contributed by atoms with E-state index in [1.54, 1.807) is 17.5 Å². The van der Waals surface area contributed by atoms with Gasteiger partial charge in [-0.15, -0.1) is 11.3 Å². The number of pyridine rings is 1. The van der Waals surface area contributed by atoms with Crippen molar-refractivity contribution in [1.82, 2.24) is 4.98 Å². The lowest BCUT2D eigenvalue weighted by atomic mass is 10.1. The number of aryl methyl sites for hydroxylation is 2. The van der Waals surface area contributed by atoms with Crippen LogP contribution in [0.1, 0.15) is 22.3 Å². The Morgan fingerprint density at radius 2 is 1.64 bits per heavy atom. The summed E-state index contributed by atoms with van der Waals surface area (Å²) in [6, 6.07) is 16.2. The van der Waals surface area contributed by atoms with Crippen molar-refractivity contribution >= 4 is 33.0 Å². The lowest BCUT2D eigenvalue weighted by Crippen LogP contribution is -1.99. The molecule has 0 amide bonds. The van der Waals surface area contributed by atoms with Gasteiger partial charge in [0, 0.05) is 27.9 Å². The van der Waals surface area contributed by atoms with Crippen LogP contribution >= 0.6 is 22.9 Å². The Hall–Kier alpha value is -2.56. The van der Waals surface area contributed by atoms with Crippen LogP contribution in [0.5, 0.6) is 11.5 Å². The quantitative estimate of drug-likeness (QED) is 0.331. The molecule has 0 radical (unpaired) electrons. The van der Waals surface area contributed by atoms with Crippen molar-refractivity contribution in [2.45, 2.75) is 27.1 Å². The highest BCUT2D eigenvalue weighted by Gasteiger charge is 2.10. The first-order valence-electron chi connectivity index (χ1n) is 9.02. The SMILES string of the molecule is Cc1cc(OCc2ccccc2C)cc(OCc2csc3ccnc(Cl)c23)c1. The number of hydrogen-bond donors (Lipinski definition) is 0. The molecule has 2 heterocycles. The van der Waals surface area contributed by atoms with Crippen LogP contribution in [0.4, 0.5) is 0 Å². The number of nitrogens with zero attached hydrogens (tertiary/aromatic N) is 1. The number of aromatic nitrogens is 1. The molecule has 0 spiro atoms. The van der Waals surface area contributed by atoms with Crippen LogP contribution in [0.2, 0.25) is 5.15 Å². The Kier molecular flexibility index (Phi) is 5.51. The van der Waals surface area contributed by atoms with Gasteiger partial charge in [0.05, 0.1) is 0 Å². The molecule has 4 aromatic rings. The number of rotatable bonds is 6. The normalized spacial score (nSPS) is 11.0. The lowest BCUT2D eigenvalue weighted by Gasteiger charge is -2.12. The highest BCUT2D eigenvalue weighted by molar-refractivity contribution is 7.17. The molecule has 28 heavy (non-hydrogen) atoms. The van der Waals surface area contributed by atoms with Crippen LogP contribution in [0, 0.1) is 13.8 Å². The maximum Gasteiger partial charge on any atom is 0.138 e. The van der Waals surface area contributed by atoms with Crippen LogP contribution in [-0.4, -0.2) is 4.98 Å². The second kappa shape index (κ2) is 8.21. The second-order valence-corrected chi connectivity index (χ2v) is 7.99. The Morgan fingerprint density at radius 3 is 2.39 bits per heavy atom. The molecule has 5 heteroatoms. The van der Waals surface area contributed by atoms with Gasteiger partial charge in [0.15, 0.2) is 0 Å². The monoisotopic (exact) mass is 409 g/mol. The van der Waals surface area contributed by atoms with Crippen molar-refractivity contribution in [3.8, 4) is 11.5 Å². The number of halogens is 1. The molecule has 0 aliphatic carbocycles. The number of ether oxygens (including phenoxy) is 2. The van der Waals surface area contributed by atoms with Gasteiger partial charge in [-0.1, -0.05) is 35.9 Å². The van der Waals surface area contributed by atoms with Crippen LogP contribution in [0.15, 0.2) is 60.1 Å². The highest BCUT2D eigenvalue weighted by Crippen LogP contribution is 2.32. The molecule has 142 valence electrons. The van der Waals surface area contributed by atoms with Crippen molar-refractivity contribution in [3.05, 3.63) is 87.5 Å². The topological polar surface area (TPSA) is 31.4 Å². The zero-order valence-electron chi connectivity index (χ0n) is 15.7. The van der Waals surface area contributed by atoms with Gasteiger partial charge < -0.3 is 9.47 Å². The number of hydrogen-bond acceptors (Lipinski definition) is 4. The molecule has 2 aromatic carbocycles. The molecule has 3 nitrogen and oxygen atoms in total. The summed E-state index contributed by atoms with van der Waals surface area (Å²) in [5.74, 6) is 1.58. The summed E-state index contributed by atoms with van der Waals surface area (Å²) in [4.78, 5) is 4.18. The van der Waals surface area contributed by atoms with Crippen molar-refractivity contribution in [3.63, 3.8) is 0 Å². The van der Waals surface area contributed by atoms with Gasteiger partial charge in [-0.2, -0.15) is 0 Å². The molecule has 0 bridgehead atoms. The molecular weight excluding hydrogens is 390 g/mol. The van der Waals surface area contributed by atoms with E-state index in [-0.39, 0.29) is 0 Å². The van der Waals surface area contributed by atoms with Gasteiger partial charge in [-0.25, -0.2) is 4.98 Å². The van der Waals surface area contributed by atoms with Gasteiger partial charge in [0.2, 0.25) is 0 Å². The molecular formula is C23H20ClNO2S. The summed E-state index contributed by atoms with van der Waals surface area (Å²) in [7, 11) is 0. The molecule has 0 saturated heterocycles. The number of benzene rings is 2. The summed E-state index contributed by atoms with van der Waals surface area (Å²) in [5.41, 5.74) is 4.54. The second-order valence-electron chi connectivity index (χ2n) is 6.72. The molecule has 0 aliphatic heterocycles. The first-order chi connectivity index (χ1) is 13.6. The molecule has 0 aliphatic rings. The number of fused-ring (bicyclic) bond motifs is 1. The third kappa shape index (κ3) is 4.13. The van der Waals surface area contributed by atoms with Crippen LogP contribution < -0.4 is 9.47 Å². The van der Waals surface area contributed by atoms with E-state index in [1.165, 1.54) is 11.1 Å². The predicted octanol–water partition coefficient (Wildman–Crippen LogP) is 6.72. The van der Waals surface area contributed by atoms with Crippen LogP contribution in [0.25, 0.3) is 10.1 Å². The standard InChI is InChI=1S/C23H20ClNO2S/c1-15-9-19(26-12-17-6-4-3-5-16(17)2)11-20(10-15)27-13-18-14-28-21-7-8-25-23(24)22(18)21/h3-11,14H,12-13H2,1-2H3. The molecule has 4 rings (SSSR count). The molecule has 0 fully saturated rings. The van der Waals surface area contributed by atoms with Crippen molar-refractivity contribution in [2.75, 3.05) is 0 Å². The molecule has 2 aromatic heterocycles. The summed E-state index contributed by atoms with van der Waals surface area (Å²) in [6.45, 7) is 5.10. The Labute approximate surface area is 173 Å². The Balaban J connectivity index is 1.48. The average Bonchev–Trinajstić information content (AvgIpc) is 3.10. The predicted molar refractivity (Wildman–Crippen MR) is 116 cm³/mol. The van der Waals surface area contributed by atoms with Crippen molar-refractivity contribution in [1.29, 1.82) is 0 Å². The summed E-state index contributed by atoms with van der Waals surface area (Å²) >= 11 is 7.92. The minimum absolute atomic E-state index is 0.437. The smallest absolute Gasteiger partial charge is 0.138 e. The first-order valence-corrected chi connectivity index (χ1v) is 10.3. The van der Waals surface area contributed by atoms with Gasteiger partial charge in [0.25, 0.3) is 0 Å². The van der Waals surface area contributed by atoms with E-state index in [2.05, 4.69) is 29.4 Å². The minimum Gasteiger partial charge on any atom is -0.489 e. The fraction of sp³-hybridized carbons (Fsp3) is 0.174. The molecule has 0 N–H and O–H groups in total. The minimum atomic E-state index is 0.437. The third-order valence-electron chi connectivity index (χ3n) is 4.59.